The summed E-state index contributed by atoms with van der Waals surface area (Å²) in [6.45, 7) is 10.00. The lowest BCUT2D eigenvalue weighted by Gasteiger charge is -2.41. The average Bonchev–Trinajstić information content (AvgIpc) is 3.14. The van der Waals surface area contributed by atoms with Gasteiger partial charge in [-0.1, -0.05) is 60.7 Å². The second-order valence-electron chi connectivity index (χ2n) is 8.89. The molecular formula is C27H30N4OS. The molecule has 0 bridgehead atoms. The van der Waals surface area contributed by atoms with E-state index in [1.54, 1.807) is 11.3 Å². The zero-order valence-corrected chi connectivity index (χ0v) is 20.2. The van der Waals surface area contributed by atoms with Gasteiger partial charge in [0.05, 0.1) is 17.5 Å². The first-order valence-electron chi connectivity index (χ1n) is 11.6. The number of benzene rings is 2. The summed E-state index contributed by atoms with van der Waals surface area (Å²) in [5, 5.41) is 0.742. The van der Waals surface area contributed by atoms with Crippen LogP contribution in [0, 0.1) is 13.8 Å². The molecular weight excluding hydrogens is 428 g/mol. The van der Waals surface area contributed by atoms with Gasteiger partial charge in [-0.2, -0.15) is 0 Å². The van der Waals surface area contributed by atoms with Crippen LogP contribution in [-0.2, 0) is 0 Å². The van der Waals surface area contributed by atoms with Crippen molar-refractivity contribution in [3.05, 3.63) is 98.4 Å². The van der Waals surface area contributed by atoms with Crippen molar-refractivity contribution in [3.63, 3.8) is 0 Å². The number of hydrogen-bond donors (Lipinski definition) is 1. The van der Waals surface area contributed by atoms with Crippen molar-refractivity contribution >= 4 is 21.6 Å². The molecule has 1 aliphatic rings. The Morgan fingerprint density at radius 2 is 1.42 bits per heavy atom. The molecule has 0 spiro atoms. The fourth-order valence-corrected chi connectivity index (χ4v) is 5.95. The zero-order valence-electron chi connectivity index (χ0n) is 19.4. The van der Waals surface area contributed by atoms with Gasteiger partial charge in [0.2, 0.25) is 0 Å². The lowest BCUT2D eigenvalue weighted by atomic mass is 9.96. The Bertz CT molecular complexity index is 1250. The van der Waals surface area contributed by atoms with E-state index in [1.165, 1.54) is 11.1 Å². The summed E-state index contributed by atoms with van der Waals surface area (Å²) in [5.74, 6) is 0.768. The van der Waals surface area contributed by atoms with Crippen LogP contribution < -0.4 is 5.56 Å². The van der Waals surface area contributed by atoms with Gasteiger partial charge in [0.15, 0.2) is 0 Å². The topological polar surface area (TPSA) is 52.2 Å². The lowest BCUT2D eigenvalue weighted by Crippen LogP contribution is -2.48. The Kier molecular flexibility index (Phi) is 6.15. The minimum atomic E-state index is -0.0180. The smallest absolute Gasteiger partial charge is 0.259 e. The number of aromatic amines is 1. The predicted molar refractivity (Wildman–Crippen MR) is 136 cm³/mol. The van der Waals surface area contributed by atoms with Crippen molar-refractivity contribution in [1.82, 2.24) is 19.8 Å². The monoisotopic (exact) mass is 458 g/mol. The Labute approximate surface area is 198 Å². The van der Waals surface area contributed by atoms with E-state index in [0.29, 0.717) is 0 Å². The molecule has 4 aromatic rings. The average molecular weight is 459 g/mol. The molecule has 170 valence electrons. The number of nitrogens with one attached hydrogen (secondary N) is 1. The van der Waals surface area contributed by atoms with Crippen molar-refractivity contribution in [2.45, 2.75) is 32.9 Å². The van der Waals surface area contributed by atoms with Crippen LogP contribution in [0.1, 0.15) is 46.4 Å². The van der Waals surface area contributed by atoms with Gasteiger partial charge in [0.25, 0.3) is 5.56 Å². The Morgan fingerprint density at radius 3 is 2.00 bits per heavy atom. The molecule has 1 aliphatic heterocycles. The van der Waals surface area contributed by atoms with Gasteiger partial charge in [-0.05, 0) is 37.5 Å². The third kappa shape index (κ3) is 4.26. The normalized spacial score (nSPS) is 16.5. The number of nitrogens with zero attached hydrogens (tertiary/aromatic N) is 3. The molecule has 0 saturated carbocycles. The summed E-state index contributed by atoms with van der Waals surface area (Å²) in [6.07, 6.45) is 0. The molecule has 0 aliphatic carbocycles. The molecule has 2 aromatic heterocycles. The number of H-pyrrole nitrogens is 1. The van der Waals surface area contributed by atoms with E-state index in [2.05, 4.69) is 89.3 Å². The number of rotatable bonds is 5. The standard InChI is InChI=1S/C27H30N4OS/c1-18-20(3)33-27-23(18)26(32)28-25(29-27)19(2)30-14-16-31(17-15-30)24(21-10-6-4-7-11-21)22-12-8-5-9-13-22/h4-13,19,24H,14-17H2,1-3H3,(H,28,29,32). The molecule has 3 heterocycles. The number of piperazine rings is 1. The number of fused-ring (bicyclic) bond motifs is 1. The van der Waals surface area contributed by atoms with Crippen molar-refractivity contribution in [1.29, 1.82) is 0 Å². The minimum Gasteiger partial charge on any atom is -0.309 e. The molecule has 1 N–H and O–H groups in total. The first kappa shape index (κ1) is 22.0. The van der Waals surface area contributed by atoms with E-state index in [0.717, 1.165) is 52.7 Å². The molecule has 1 atom stereocenters. The van der Waals surface area contributed by atoms with Crippen LogP contribution in [0.2, 0.25) is 0 Å². The minimum absolute atomic E-state index is 0.0180. The third-order valence-electron chi connectivity index (χ3n) is 6.95. The fourth-order valence-electron chi connectivity index (χ4n) is 4.91. The highest BCUT2D eigenvalue weighted by molar-refractivity contribution is 7.18. The summed E-state index contributed by atoms with van der Waals surface area (Å²) in [6, 6.07) is 21.8. The lowest BCUT2D eigenvalue weighted by molar-refractivity contribution is 0.0813. The van der Waals surface area contributed by atoms with E-state index < -0.39 is 0 Å². The van der Waals surface area contributed by atoms with Gasteiger partial charge >= 0.3 is 0 Å². The first-order chi connectivity index (χ1) is 16.0. The Morgan fingerprint density at radius 1 is 0.879 bits per heavy atom. The van der Waals surface area contributed by atoms with E-state index >= 15 is 0 Å². The number of aromatic nitrogens is 2. The van der Waals surface area contributed by atoms with E-state index in [1.807, 2.05) is 6.92 Å². The van der Waals surface area contributed by atoms with Crippen LogP contribution in [0.15, 0.2) is 65.5 Å². The molecule has 0 amide bonds. The molecule has 0 radical (unpaired) electrons. The summed E-state index contributed by atoms with van der Waals surface area (Å²) in [7, 11) is 0. The van der Waals surface area contributed by atoms with E-state index in [9.17, 15) is 4.79 Å². The van der Waals surface area contributed by atoms with Crippen molar-refractivity contribution in [2.75, 3.05) is 26.2 Å². The highest BCUT2D eigenvalue weighted by Crippen LogP contribution is 2.31. The number of aryl methyl sites for hydroxylation is 2. The molecule has 6 heteroatoms. The maximum absolute atomic E-state index is 12.8. The quantitative estimate of drug-likeness (QED) is 0.454. The van der Waals surface area contributed by atoms with Crippen LogP contribution in [0.4, 0.5) is 0 Å². The van der Waals surface area contributed by atoms with Gasteiger partial charge in [-0.25, -0.2) is 4.98 Å². The summed E-state index contributed by atoms with van der Waals surface area (Å²) >= 11 is 1.61. The van der Waals surface area contributed by atoms with E-state index in [-0.39, 0.29) is 17.6 Å². The van der Waals surface area contributed by atoms with Crippen molar-refractivity contribution in [3.8, 4) is 0 Å². The number of hydrogen-bond acceptors (Lipinski definition) is 5. The van der Waals surface area contributed by atoms with Crippen LogP contribution in [0.3, 0.4) is 0 Å². The van der Waals surface area contributed by atoms with Crippen LogP contribution in [-0.4, -0.2) is 45.9 Å². The zero-order chi connectivity index (χ0) is 22.9. The highest BCUT2D eigenvalue weighted by Gasteiger charge is 2.29. The fraction of sp³-hybridized carbons (Fsp3) is 0.333. The maximum Gasteiger partial charge on any atom is 0.259 e. The summed E-state index contributed by atoms with van der Waals surface area (Å²) < 4.78 is 0. The summed E-state index contributed by atoms with van der Waals surface area (Å²) in [5.41, 5.74) is 3.68. The first-order valence-corrected chi connectivity index (χ1v) is 12.4. The molecule has 1 saturated heterocycles. The summed E-state index contributed by atoms with van der Waals surface area (Å²) in [4.78, 5) is 27.7. The Balaban J connectivity index is 1.36. The van der Waals surface area contributed by atoms with E-state index in [4.69, 9.17) is 4.98 Å². The van der Waals surface area contributed by atoms with Gasteiger partial charge < -0.3 is 4.98 Å². The molecule has 1 fully saturated rings. The second-order valence-corrected chi connectivity index (χ2v) is 10.1. The van der Waals surface area contributed by atoms with Gasteiger partial charge in [-0.15, -0.1) is 11.3 Å². The van der Waals surface area contributed by atoms with Crippen LogP contribution >= 0.6 is 11.3 Å². The highest BCUT2D eigenvalue weighted by atomic mass is 32.1. The van der Waals surface area contributed by atoms with Gasteiger partial charge in [-0.3, -0.25) is 14.6 Å². The largest absolute Gasteiger partial charge is 0.309 e. The van der Waals surface area contributed by atoms with Gasteiger partial charge in [0, 0.05) is 31.1 Å². The van der Waals surface area contributed by atoms with Crippen LogP contribution in [0.25, 0.3) is 10.2 Å². The predicted octanol–water partition coefficient (Wildman–Crippen LogP) is 5.07. The maximum atomic E-state index is 12.8. The molecule has 5 nitrogen and oxygen atoms in total. The van der Waals surface area contributed by atoms with Crippen molar-refractivity contribution < 1.29 is 0 Å². The third-order valence-corrected chi connectivity index (χ3v) is 8.05. The second kappa shape index (κ2) is 9.21. The SMILES string of the molecule is Cc1sc2nc(C(C)N3CCN(C(c4ccccc4)c4ccccc4)CC3)[nH]c(=O)c2c1C. The molecule has 5 rings (SSSR count). The molecule has 2 aromatic carbocycles. The van der Waals surface area contributed by atoms with Crippen molar-refractivity contribution in [2.24, 2.45) is 0 Å². The molecule has 33 heavy (non-hydrogen) atoms. The number of thiophene rings is 1. The van der Waals surface area contributed by atoms with Crippen LogP contribution in [0.5, 0.6) is 0 Å². The van der Waals surface area contributed by atoms with Gasteiger partial charge in [0.1, 0.15) is 10.7 Å². The molecule has 1 unspecified atom stereocenters. The Hall–Kier alpha value is -2.80.